The Morgan fingerprint density at radius 1 is 1.73 bits per heavy atom. The first-order valence-corrected chi connectivity index (χ1v) is 3.33. The van der Waals surface area contributed by atoms with Crippen LogP contribution in [0.15, 0.2) is 0 Å². The molecule has 0 aromatic heterocycles. The summed E-state index contributed by atoms with van der Waals surface area (Å²) in [4.78, 5) is 10.3. The van der Waals surface area contributed by atoms with E-state index < -0.39 is 12.0 Å². The molecule has 1 aliphatic rings. The van der Waals surface area contributed by atoms with E-state index in [1.165, 1.54) is 0 Å². The van der Waals surface area contributed by atoms with Gasteiger partial charge in [-0.3, -0.25) is 10.1 Å². The summed E-state index contributed by atoms with van der Waals surface area (Å²) in [5.41, 5.74) is 0. The molecule has 0 aromatic carbocycles. The Morgan fingerprint density at radius 3 is 2.55 bits per heavy atom. The van der Waals surface area contributed by atoms with Crippen LogP contribution in [0.2, 0.25) is 0 Å². The van der Waals surface area contributed by atoms with Crippen molar-refractivity contribution in [2.24, 2.45) is 0 Å². The smallest absolute Gasteiger partial charge is 1.00 e. The van der Waals surface area contributed by atoms with Crippen LogP contribution in [0.25, 0.3) is 0 Å². The van der Waals surface area contributed by atoms with E-state index in [9.17, 15) is 4.79 Å². The van der Waals surface area contributed by atoms with E-state index in [0.29, 0.717) is 6.04 Å². The summed E-state index contributed by atoms with van der Waals surface area (Å²) in [5.74, 6) is -0.977. The molecule has 1 unspecified atom stereocenters. The number of hydrogen-bond donors (Lipinski definition) is 3. The molecule has 0 spiro atoms. The molecule has 0 amide bonds. The molecule has 3 N–H and O–H groups in total. The van der Waals surface area contributed by atoms with E-state index in [1.54, 1.807) is 0 Å². The molecule has 1 atom stereocenters. The third kappa shape index (κ3) is 4.08. The van der Waals surface area contributed by atoms with Gasteiger partial charge in [0.15, 0.2) is 0 Å². The van der Waals surface area contributed by atoms with Crippen LogP contribution in [0, 0.1) is 0 Å². The Kier molecular flexibility index (Phi) is 5.29. The largest absolute Gasteiger partial charge is 1.00 e. The van der Waals surface area contributed by atoms with Gasteiger partial charge in [-0.15, -0.1) is 0 Å². The molecule has 0 heterocycles. The molecule has 0 saturated heterocycles. The maximum Gasteiger partial charge on any atom is 1.00 e. The number of carbonyl (C=O) groups is 1. The molecule has 1 saturated carbocycles. The van der Waals surface area contributed by atoms with E-state index in [-0.39, 0.29) is 37.6 Å². The zero-order valence-electron chi connectivity index (χ0n) is 7.58. The molecule has 1 fully saturated rings. The number of aliphatic hydroxyl groups is 1. The SMILES string of the molecule is O=C(O)C(CO)NC1CC1.[H-].[Na+]. The normalized spacial score (nSPS) is 18.6. The number of aliphatic carboxylic acids is 1. The molecule has 0 bridgehead atoms. The summed E-state index contributed by atoms with van der Waals surface area (Å²) in [6.45, 7) is -0.328. The van der Waals surface area contributed by atoms with Gasteiger partial charge in [0, 0.05) is 6.04 Å². The predicted octanol–water partition coefficient (Wildman–Crippen LogP) is -3.70. The zero-order chi connectivity index (χ0) is 7.56. The van der Waals surface area contributed by atoms with Crippen molar-refractivity contribution >= 4 is 5.97 Å². The van der Waals surface area contributed by atoms with E-state index in [4.69, 9.17) is 10.2 Å². The Bertz CT molecular complexity index is 143. The van der Waals surface area contributed by atoms with Crippen LogP contribution < -0.4 is 34.9 Å². The minimum absolute atomic E-state index is 0. The number of nitrogens with one attached hydrogen (secondary N) is 1. The molecule has 1 rings (SSSR count). The third-order valence-corrected chi connectivity index (χ3v) is 1.49. The molecule has 0 aromatic rings. The van der Waals surface area contributed by atoms with Gasteiger partial charge in [0.1, 0.15) is 6.04 Å². The van der Waals surface area contributed by atoms with Gasteiger partial charge in [0.2, 0.25) is 0 Å². The van der Waals surface area contributed by atoms with Gasteiger partial charge in [-0.2, -0.15) is 0 Å². The summed E-state index contributed by atoms with van der Waals surface area (Å²) >= 11 is 0. The summed E-state index contributed by atoms with van der Waals surface area (Å²) in [6, 6.07) is -0.444. The first kappa shape index (κ1) is 11.4. The van der Waals surface area contributed by atoms with Crippen LogP contribution in [0.1, 0.15) is 14.3 Å². The Labute approximate surface area is 88.8 Å². The molecule has 5 heteroatoms. The predicted molar refractivity (Wildman–Crippen MR) is 35.8 cm³/mol. The Balaban J connectivity index is 0. The molecule has 0 radical (unpaired) electrons. The number of rotatable bonds is 4. The van der Waals surface area contributed by atoms with Crippen molar-refractivity contribution in [1.82, 2.24) is 5.32 Å². The standard InChI is InChI=1S/C6H11NO3.Na.H/c8-3-5(6(9)10)7-4-1-2-4;;/h4-5,7-8H,1-3H2,(H,9,10);;/q;+1;-1. The molecule has 60 valence electrons. The molecule has 1 aliphatic carbocycles. The van der Waals surface area contributed by atoms with Crippen LogP contribution in [0.4, 0.5) is 0 Å². The maximum absolute atomic E-state index is 10.3. The second-order valence-corrected chi connectivity index (χ2v) is 2.51. The van der Waals surface area contributed by atoms with Crippen LogP contribution in [0.3, 0.4) is 0 Å². The van der Waals surface area contributed by atoms with E-state index >= 15 is 0 Å². The molecular formula is C6H12NNaO3. The number of hydrogen-bond acceptors (Lipinski definition) is 3. The summed E-state index contributed by atoms with van der Waals surface area (Å²) in [7, 11) is 0. The van der Waals surface area contributed by atoms with Crippen molar-refractivity contribution in [2.75, 3.05) is 6.61 Å². The topological polar surface area (TPSA) is 69.6 Å². The van der Waals surface area contributed by atoms with Crippen LogP contribution in [-0.4, -0.2) is 34.9 Å². The fraction of sp³-hybridized carbons (Fsp3) is 0.833. The number of carboxylic acids is 1. The molecular weight excluding hydrogens is 157 g/mol. The third-order valence-electron chi connectivity index (χ3n) is 1.49. The quantitative estimate of drug-likeness (QED) is 0.379. The minimum atomic E-state index is -0.977. The number of aliphatic hydroxyl groups excluding tert-OH is 1. The van der Waals surface area contributed by atoms with Crippen molar-refractivity contribution < 1.29 is 46.0 Å². The van der Waals surface area contributed by atoms with E-state index in [0.717, 1.165) is 12.8 Å². The summed E-state index contributed by atoms with van der Waals surface area (Å²) in [6.07, 6.45) is 2.06. The first-order valence-electron chi connectivity index (χ1n) is 3.33. The second-order valence-electron chi connectivity index (χ2n) is 2.51. The van der Waals surface area contributed by atoms with Crippen LogP contribution in [-0.2, 0) is 4.79 Å². The van der Waals surface area contributed by atoms with Crippen molar-refractivity contribution in [1.29, 1.82) is 0 Å². The van der Waals surface area contributed by atoms with Gasteiger partial charge in [-0.25, -0.2) is 0 Å². The monoisotopic (exact) mass is 169 g/mol. The summed E-state index contributed by atoms with van der Waals surface area (Å²) in [5, 5.41) is 19.7. The van der Waals surface area contributed by atoms with Crippen LogP contribution in [0.5, 0.6) is 0 Å². The Morgan fingerprint density at radius 2 is 2.27 bits per heavy atom. The average molecular weight is 169 g/mol. The van der Waals surface area contributed by atoms with E-state index in [2.05, 4.69) is 5.32 Å². The van der Waals surface area contributed by atoms with Gasteiger partial charge in [-0.1, -0.05) is 0 Å². The molecule has 4 nitrogen and oxygen atoms in total. The van der Waals surface area contributed by atoms with Gasteiger partial charge >= 0.3 is 35.5 Å². The molecule has 11 heavy (non-hydrogen) atoms. The first-order chi connectivity index (χ1) is 4.74. The zero-order valence-corrected chi connectivity index (χ0v) is 8.58. The minimum Gasteiger partial charge on any atom is -1.00 e. The van der Waals surface area contributed by atoms with Gasteiger partial charge < -0.3 is 11.6 Å². The molecule has 0 aliphatic heterocycles. The second kappa shape index (κ2) is 5.11. The maximum atomic E-state index is 10.3. The Hall–Kier alpha value is 0.390. The van der Waals surface area contributed by atoms with Crippen LogP contribution >= 0.6 is 0 Å². The van der Waals surface area contributed by atoms with Gasteiger partial charge in [-0.05, 0) is 12.8 Å². The average Bonchev–Trinajstić information content (AvgIpc) is 2.64. The van der Waals surface area contributed by atoms with Crippen molar-refractivity contribution in [2.45, 2.75) is 24.9 Å². The fourth-order valence-corrected chi connectivity index (χ4v) is 0.737. The van der Waals surface area contributed by atoms with Gasteiger partial charge in [0.05, 0.1) is 6.61 Å². The summed E-state index contributed by atoms with van der Waals surface area (Å²) < 4.78 is 0. The number of carboxylic acid groups (broad SMARTS) is 1. The fourth-order valence-electron chi connectivity index (χ4n) is 0.737. The van der Waals surface area contributed by atoms with E-state index in [1.807, 2.05) is 0 Å². The van der Waals surface area contributed by atoms with Gasteiger partial charge in [0.25, 0.3) is 0 Å². The van der Waals surface area contributed by atoms with Crippen molar-refractivity contribution in [3.8, 4) is 0 Å². The van der Waals surface area contributed by atoms with Crippen molar-refractivity contribution in [3.05, 3.63) is 0 Å². The van der Waals surface area contributed by atoms with Crippen molar-refractivity contribution in [3.63, 3.8) is 0 Å².